The number of nitrogens with one attached hydrogen (secondary N) is 1. The lowest BCUT2D eigenvalue weighted by Gasteiger charge is -2.29. The molecular weight excluding hydrogens is 290 g/mol. The van der Waals surface area contributed by atoms with Crippen LogP contribution in [-0.2, 0) is 16.3 Å². The average molecular weight is 308 g/mol. The third-order valence-corrected chi connectivity index (χ3v) is 7.10. The van der Waals surface area contributed by atoms with Gasteiger partial charge in [-0.05, 0) is 38.4 Å². The summed E-state index contributed by atoms with van der Waals surface area (Å²) in [7, 11) is -1.10. The lowest BCUT2D eigenvalue weighted by molar-refractivity contribution is 0.458. The molecule has 18 heavy (non-hydrogen) atoms. The Morgan fingerprint density at radius 1 is 1.50 bits per heavy atom. The highest BCUT2D eigenvalue weighted by atomic mass is 35.5. The van der Waals surface area contributed by atoms with Crippen molar-refractivity contribution in [2.24, 2.45) is 0 Å². The molecule has 1 aromatic heterocycles. The minimum Gasteiger partial charge on any atom is -0.315 e. The number of hydrogen-bond acceptors (Lipinski definition) is 4. The summed E-state index contributed by atoms with van der Waals surface area (Å²) in [4.78, 5) is 1.14. The molecule has 1 aliphatic rings. The Kier molecular flexibility index (Phi) is 4.69. The van der Waals surface area contributed by atoms with Crippen molar-refractivity contribution < 1.29 is 8.42 Å². The van der Waals surface area contributed by atoms with Gasteiger partial charge in [-0.3, -0.25) is 0 Å². The maximum absolute atomic E-state index is 12.1. The molecule has 2 unspecified atom stereocenters. The van der Waals surface area contributed by atoms with Gasteiger partial charge in [0.15, 0.2) is 9.84 Å². The molecule has 2 rings (SSSR count). The molecule has 0 radical (unpaired) electrons. The van der Waals surface area contributed by atoms with E-state index in [1.807, 2.05) is 19.2 Å². The van der Waals surface area contributed by atoms with Crippen LogP contribution < -0.4 is 5.32 Å². The topological polar surface area (TPSA) is 46.2 Å². The Balaban J connectivity index is 2.12. The number of halogens is 1. The molecule has 3 nitrogen and oxygen atoms in total. The maximum atomic E-state index is 12.1. The second-order valence-corrected chi connectivity index (χ2v) is 8.85. The number of hydrogen-bond donors (Lipinski definition) is 1. The Bertz CT molecular complexity index is 498. The minimum absolute atomic E-state index is 0.00924. The van der Waals surface area contributed by atoms with Crippen LogP contribution in [0.25, 0.3) is 0 Å². The SMILES string of the molecule is CNC(Cc1ccc(Cl)s1)C1CCCCS1(=O)=O. The van der Waals surface area contributed by atoms with Crippen molar-refractivity contribution in [3.63, 3.8) is 0 Å². The summed E-state index contributed by atoms with van der Waals surface area (Å²) in [5.74, 6) is 0.334. The number of likely N-dealkylation sites (N-methyl/N-ethyl adjacent to an activating group) is 1. The van der Waals surface area contributed by atoms with Crippen LogP contribution in [0.5, 0.6) is 0 Å². The zero-order valence-corrected chi connectivity index (χ0v) is 12.7. The molecule has 0 aliphatic carbocycles. The standard InChI is InChI=1S/C12H18ClNO2S2/c1-14-10(8-9-5-6-12(13)17-9)11-4-2-3-7-18(11,15)16/h5-6,10-11,14H,2-4,7-8H2,1H3. The zero-order valence-electron chi connectivity index (χ0n) is 10.4. The van der Waals surface area contributed by atoms with Gasteiger partial charge in [-0.1, -0.05) is 18.0 Å². The van der Waals surface area contributed by atoms with E-state index in [4.69, 9.17) is 11.6 Å². The first-order valence-corrected chi connectivity index (χ1v) is 9.07. The van der Waals surface area contributed by atoms with Gasteiger partial charge >= 0.3 is 0 Å². The molecule has 2 atom stereocenters. The lowest BCUT2D eigenvalue weighted by Crippen LogP contribution is -2.46. The highest BCUT2D eigenvalue weighted by Crippen LogP contribution is 2.27. The van der Waals surface area contributed by atoms with Crippen molar-refractivity contribution in [2.75, 3.05) is 12.8 Å². The summed E-state index contributed by atoms with van der Waals surface area (Å²) >= 11 is 7.43. The van der Waals surface area contributed by atoms with Crippen LogP contribution in [0.3, 0.4) is 0 Å². The molecular formula is C12H18ClNO2S2. The largest absolute Gasteiger partial charge is 0.315 e. The third-order valence-electron chi connectivity index (χ3n) is 3.50. The first-order chi connectivity index (χ1) is 8.53. The lowest BCUT2D eigenvalue weighted by atomic mass is 10.0. The molecule has 102 valence electrons. The maximum Gasteiger partial charge on any atom is 0.154 e. The number of thiophene rings is 1. The van der Waals surface area contributed by atoms with Gasteiger partial charge in [-0.25, -0.2) is 8.42 Å². The van der Waals surface area contributed by atoms with E-state index >= 15 is 0 Å². The quantitative estimate of drug-likeness (QED) is 0.929. The molecule has 0 bridgehead atoms. The van der Waals surface area contributed by atoms with Crippen LogP contribution in [0.15, 0.2) is 12.1 Å². The molecule has 0 saturated carbocycles. The molecule has 1 aromatic rings. The predicted molar refractivity (Wildman–Crippen MR) is 77.3 cm³/mol. The first-order valence-electron chi connectivity index (χ1n) is 6.16. The van der Waals surface area contributed by atoms with Gasteiger partial charge in [-0.2, -0.15) is 0 Å². The summed E-state index contributed by atoms with van der Waals surface area (Å²) in [6.07, 6.45) is 3.32. The van der Waals surface area contributed by atoms with Gasteiger partial charge in [0, 0.05) is 10.9 Å². The third kappa shape index (κ3) is 3.26. The molecule has 1 saturated heterocycles. The van der Waals surface area contributed by atoms with Crippen LogP contribution in [0.1, 0.15) is 24.1 Å². The Morgan fingerprint density at radius 3 is 2.83 bits per heavy atom. The summed E-state index contributed by atoms with van der Waals surface area (Å²) in [5.41, 5.74) is 0. The summed E-state index contributed by atoms with van der Waals surface area (Å²) < 4.78 is 25.0. The zero-order chi connectivity index (χ0) is 13.2. The van der Waals surface area contributed by atoms with E-state index in [9.17, 15) is 8.42 Å². The van der Waals surface area contributed by atoms with Crippen LogP contribution in [0.2, 0.25) is 4.34 Å². The van der Waals surface area contributed by atoms with E-state index in [-0.39, 0.29) is 11.3 Å². The smallest absolute Gasteiger partial charge is 0.154 e. The van der Waals surface area contributed by atoms with Crippen molar-refractivity contribution in [3.8, 4) is 0 Å². The van der Waals surface area contributed by atoms with Gasteiger partial charge in [-0.15, -0.1) is 11.3 Å². The van der Waals surface area contributed by atoms with Crippen molar-refractivity contribution in [1.82, 2.24) is 5.32 Å². The van der Waals surface area contributed by atoms with Gasteiger partial charge < -0.3 is 5.32 Å². The summed E-state index contributed by atoms with van der Waals surface area (Å²) in [6.45, 7) is 0. The molecule has 1 fully saturated rings. The summed E-state index contributed by atoms with van der Waals surface area (Å²) in [5, 5.41) is 2.92. The molecule has 0 amide bonds. The molecule has 1 N–H and O–H groups in total. The van der Waals surface area contributed by atoms with Gasteiger partial charge in [0.1, 0.15) is 0 Å². The molecule has 0 aromatic carbocycles. The second-order valence-electron chi connectivity index (χ2n) is 4.71. The highest BCUT2D eigenvalue weighted by molar-refractivity contribution is 7.92. The summed E-state index contributed by atoms with van der Waals surface area (Å²) in [6, 6.07) is 3.83. The van der Waals surface area contributed by atoms with Crippen LogP contribution in [-0.4, -0.2) is 32.5 Å². The van der Waals surface area contributed by atoms with E-state index in [0.29, 0.717) is 5.75 Å². The van der Waals surface area contributed by atoms with E-state index < -0.39 is 9.84 Å². The first kappa shape index (κ1) is 14.3. The van der Waals surface area contributed by atoms with E-state index in [1.165, 1.54) is 11.3 Å². The van der Waals surface area contributed by atoms with E-state index in [0.717, 1.165) is 34.9 Å². The molecule has 0 spiro atoms. The van der Waals surface area contributed by atoms with Gasteiger partial charge in [0.05, 0.1) is 15.3 Å². The highest BCUT2D eigenvalue weighted by Gasteiger charge is 2.34. The number of rotatable bonds is 4. The van der Waals surface area contributed by atoms with E-state index in [1.54, 1.807) is 0 Å². The van der Waals surface area contributed by atoms with Crippen molar-refractivity contribution in [1.29, 1.82) is 0 Å². The Hall–Kier alpha value is -0.100. The monoisotopic (exact) mass is 307 g/mol. The average Bonchev–Trinajstić information content (AvgIpc) is 2.72. The van der Waals surface area contributed by atoms with Crippen molar-refractivity contribution in [2.45, 2.75) is 37.0 Å². The fourth-order valence-electron chi connectivity index (χ4n) is 2.53. The van der Waals surface area contributed by atoms with Crippen LogP contribution in [0, 0.1) is 0 Å². The van der Waals surface area contributed by atoms with Crippen LogP contribution in [0.4, 0.5) is 0 Å². The Morgan fingerprint density at radius 2 is 2.28 bits per heavy atom. The minimum atomic E-state index is -2.94. The van der Waals surface area contributed by atoms with Gasteiger partial charge in [0.25, 0.3) is 0 Å². The van der Waals surface area contributed by atoms with Crippen molar-refractivity contribution >= 4 is 32.8 Å². The molecule has 6 heteroatoms. The Labute approximate surface area is 117 Å². The fourth-order valence-corrected chi connectivity index (χ4v) is 5.84. The van der Waals surface area contributed by atoms with E-state index in [2.05, 4.69) is 5.32 Å². The normalized spacial score (nSPS) is 24.9. The second kappa shape index (κ2) is 5.90. The van der Waals surface area contributed by atoms with Crippen molar-refractivity contribution in [3.05, 3.63) is 21.3 Å². The van der Waals surface area contributed by atoms with Crippen LogP contribution >= 0.6 is 22.9 Å². The molecule has 1 aliphatic heterocycles. The fraction of sp³-hybridized carbons (Fsp3) is 0.667. The molecule has 2 heterocycles. The van der Waals surface area contributed by atoms with Gasteiger partial charge in [0.2, 0.25) is 0 Å². The predicted octanol–water partition coefficient (Wildman–Crippen LogP) is 2.50. The number of sulfone groups is 1.